The lowest BCUT2D eigenvalue weighted by molar-refractivity contribution is -0.123. The van der Waals surface area contributed by atoms with Gasteiger partial charge in [0.15, 0.2) is 9.84 Å². The van der Waals surface area contributed by atoms with Crippen molar-refractivity contribution in [1.82, 2.24) is 14.3 Å². The highest BCUT2D eigenvalue weighted by molar-refractivity contribution is 8.26. The minimum atomic E-state index is -3.17. The first-order chi connectivity index (χ1) is 15.7. The summed E-state index contributed by atoms with van der Waals surface area (Å²) in [4.78, 5) is 35.4. The van der Waals surface area contributed by atoms with Crippen molar-refractivity contribution >= 4 is 61.6 Å². The molecule has 11 heteroatoms. The quantitative estimate of drug-likeness (QED) is 0.465. The second kappa shape index (κ2) is 8.52. The number of carbonyl (C=O) groups is 1. The second-order valence-corrected chi connectivity index (χ2v) is 12.6. The molecule has 3 fully saturated rings. The van der Waals surface area contributed by atoms with Crippen molar-refractivity contribution in [3.05, 3.63) is 45.2 Å². The highest BCUT2D eigenvalue weighted by Gasteiger charge is 2.42. The fourth-order valence-corrected chi connectivity index (χ4v) is 7.84. The van der Waals surface area contributed by atoms with Gasteiger partial charge in [0.05, 0.1) is 28.0 Å². The summed E-state index contributed by atoms with van der Waals surface area (Å²) in [5.74, 6) is 0.207. The molecular formula is C22H24N4O4S3. The first-order valence-electron chi connectivity index (χ1n) is 11.0. The highest BCUT2D eigenvalue weighted by atomic mass is 32.2. The molecular weight excluding hydrogens is 480 g/mol. The minimum absolute atomic E-state index is 0.0563. The van der Waals surface area contributed by atoms with Gasteiger partial charge in [-0.2, -0.15) is 0 Å². The van der Waals surface area contributed by atoms with Crippen molar-refractivity contribution in [1.29, 1.82) is 0 Å². The van der Waals surface area contributed by atoms with E-state index in [2.05, 4.69) is 11.8 Å². The zero-order valence-electron chi connectivity index (χ0n) is 18.1. The van der Waals surface area contributed by atoms with Gasteiger partial charge in [0.1, 0.15) is 15.8 Å². The second-order valence-electron chi connectivity index (χ2n) is 8.73. The molecule has 5 heterocycles. The smallest absolute Gasteiger partial charge is 0.267 e. The van der Waals surface area contributed by atoms with E-state index in [1.807, 2.05) is 6.07 Å². The van der Waals surface area contributed by atoms with Gasteiger partial charge >= 0.3 is 0 Å². The molecule has 5 rings (SSSR count). The Balaban J connectivity index is 1.60. The number of anilines is 1. The number of carbonyl (C=O) groups excluding carboxylic acids is 1. The molecule has 0 bridgehead atoms. The number of sulfone groups is 1. The molecule has 2 unspecified atom stereocenters. The Bertz CT molecular complexity index is 1350. The van der Waals surface area contributed by atoms with Gasteiger partial charge in [-0.1, -0.05) is 30.0 Å². The number of thiocarbonyl (C=S) groups is 1. The Morgan fingerprint density at radius 2 is 2.03 bits per heavy atom. The van der Waals surface area contributed by atoms with E-state index in [0.29, 0.717) is 32.7 Å². The number of pyridine rings is 1. The van der Waals surface area contributed by atoms with Crippen LogP contribution in [0.5, 0.6) is 0 Å². The van der Waals surface area contributed by atoms with E-state index in [-0.39, 0.29) is 29.0 Å². The maximum atomic E-state index is 13.5. The van der Waals surface area contributed by atoms with Crippen LogP contribution in [0.1, 0.15) is 38.2 Å². The lowest BCUT2D eigenvalue weighted by atomic mass is 10.0. The lowest BCUT2D eigenvalue weighted by Crippen LogP contribution is -2.40. The molecule has 3 aliphatic rings. The third kappa shape index (κ3) is 4.10. The van der Waals surface area contributed by atoms with Gasteiger partial charge in [0, 0.05) is 18.8 Å². The Hall–Kier alpha value is -2.24. The number of piperidine rings is 1. The monoisotopic (exact) mass is 504 g/mol. The van der Waals surface area contributed by atoms with Crippen LogP contribution in [0.25, 0.3) is 11.7 Å². The molecule has 2 aromatic heterocycles. The number of nitrogens with zero attached hydrogens (tertiary/aromatic N) is 4. The van der Waals surface area contributed by atoms with Crippen LogP contribution in [0.2, 0.25) is 0 Å². The molecule has 8 nitrogen and oxygen atoms in total. The summed E-state index contributed by atoms with van der Waals surface area (Å²) in [6, 6.07) is 5.17. The third-order valence-corrected chi connectivity index (χ3v) is 9.58. The Labute approximate surface area is 201 Å². The molecule has 0 radical (unpaired) electrons. The summed E-state index contributed by atoms with van der Waals surface area (Å²) in [6.07, 6.45) is 6.78. The van der Waals surface area contributed by atoms with Crippen molar-refractivity contribution < 1.29 is 13.2 Å². The lowest BCUT2D eigenvalue weighted by Gasteiger charge is -2.35. The molecule has 2 atom stereocenters. The maximum absolute atomic E-state index is 13.5. The van der Waals surface area contributed by atoms with Crippen LogP contribution >= 0.6 is 24.0 Å². The van der Waals surface area contributed by atoms with E-state index in [0.717, 1.165) is 37.6 Å². The van der Waals surface area contributed by atoms with Gasteiger partial charge in [-0.3, -0.25) is 18.9 Å². The van der Waals surface area contributed by atoms with Crippen LogP contribution in [-0.2, 0) is 14.6 Å². The summed E-state index contributed by atoms with van der Waals surface area (Å²) in [6.45, 7) is 2.91. The molecule has 0 spiro atoms. The molecule has 3 saturated heterocycles. The minimum Gasteiger partial charge on any atom is -0.353 e. The predicted molar refractivity (Wildman–Crippen MR) is 134 cm³/mol. The largest absolute Gasteiger partial charge is 0.353 e. The summed E-state index contributed by atoms with van der Waals surface area (Å²) in [5.41, 5.74) is 0.658. The van der Waals surface area contributed by atoms with Crippen LogP contribution in [0.4, 0.5) is 5.82 Å². The number of hydrogen-bond acceptors (Lipinski definition) is 8. The maximum Gasteiger partial charge on any atom is 0.267 e. The topological polar surface area (TPSA) is 92.1 Å². The summed E-state index contributed by atoms with van der Waals surface area (Å²) >= 11 is 6.55. The molecule has 0 aromatic carbocycles. The van der Waals surface area contributed by atoms with E-state index < -0.39 is 15.9 Å². The Morgan fingerprint density at radius 3 is 2.76 bits per heavy atom. The normalized spacial score (nSPS) is 26.6. The fraction of sp³-hybridized carbons (Fsp3) is 0.455. The van der Waals surface area contributed by atoms with Crippen LogP contribution in [0.3, 0.4) is 0 Å². The van der Waals surface area contributed by atoms with Crippen molar-refractivity contribution in [3.8, 4) is 0 Å². The number of rotatable bonds is 3. The Kier molecular flexibility index (Phi) is 5.82. The number of aromatic nitrogens is 2. The van der Waals surface area contributed by atoms with E-state index in [1.165, 1.54) is 9.30 Å². The standard InChI is InChI=1S/C22H24N4O4S3/c1-14-6-2-4-9-24(14)19-16(20(27)25-10-5-3-7-18(25)23-19)12-17-21(28)26(22(31)32-17)15-8-11-33(29,30)13-15/h3,5,7,10,12,14-15H,2,4,6,8-9,11,13H2,1H3/b17-12+. The van der Waals surface area contributed by atoms with E-state index in [1.54, 1.807) is 24.4 Å². The zero-order chi connectivity index (χ0) is 23.3. The van der Waals surface area contributed by atoms with Crippen LogP contribution in [0.15, 0.2) is 34.1 Å². The van der Waals surface area contributed by atoms with Gasteiger partial charge in [0.25, 0.3) is 11.5 Å². The van der Waals surface area contributed by atoms with Crippen LogP contribution in [-0.4, -0.2) is 63.1 Å². The summed E-state index contributed by atoms with van der Waals surface area (Å²) < 4.78 is 25.7. The van der Waals surface area contributed by atoms with Gasteiger partial charge in [-0.05, 0) is 50.8 Å². The average molecular weight is 505 g/mol. The highest BCUT2D eigenvalue weighted by Crippen LogP contribution is 2.37. The van der Waals surface area contributed by atoms with Crippen molar-refractivity contribution in [2.24, 2.45) is 0 Å². The SMILES string of the molecule is CC1CCCCN1c1nc2ccccn2c(=O)c1/C=C1/SC(=S)N(C2CCS(=O)(=O)C2)C1=O. The zero-order valence-corrected chi connectivity index (χ0v) is 20.6. The van der Waals surface area contributed by atoms with Gasteiger partial charge in [0.2, 0.25) is 0 Å². The fourth-order valence-electron chi connectivity index (χ4n) is 4.75. The molecule has 1 amide bonds. The van der Waals surface area contributed by atoms with Gasteiger partial charge in [-0.25, -0.2) is 13.4 Å². The average Bonchev–Trinajstić information content (AvgIpc) is 3.27. The van der Waals surface area contributed by atoms with E-state index in [9.17, 15) is 18.0 Å². The van der Waals surface area contributed by atoms with Crippen molar-refractivity contribution in [2.45, 2.75) is 44.7 Å². The number of fused-ring (bicyclic) bond motifs is 1. The number of thioether (sulfide) groups is 1. The van der Waals surface area contributed by atoms with E-state index >= 15 is 0 Å². The number of hydrogen-bond donors (Lipinski definition) is 0. The molecule has 0 N–H and O–H groups in total. The molecule has 0 saturated carbocycles. The van der Waals surface area contributed by atoms with Crippen molar-refractivity contribution in [3.63, 3.8) is 0 Å². The van der Waals surface area contributed by atoms with E-state index in [4.69, 9.17) is 17.2 Å². The summed E-state index contributed by atoms with van der Waals surface area (Å²) in [7, 11) is -3.17. The molecule has 3 aliphatic heterocycles. The molecule has 0 aliphatic carbocycles. The molecule has 2 aromatic rings. The first-order valence-corrected chi connectivity index (χ1v) is 14.1. The summed E-state index contributed by atoms with van der Waals surface area (Å²) in [5, 5.41) is 0. The Morgan fingerprint density at radius 1 is 1.21 bits per heavy atom. The number of amides is 1. The van der Waals surface area contributed by atoms with Crippen LogP contribution < -0.4 is 10.5 Å². The van der Waals surface area contributed by atoms with Gasteiger partial charge < -0.3 is 4.90 Å². The third-order valence-electron chi connectivity index (χ3n) is 6.50. The van der Waals surface area contributed by atoms with Gasteiger partial charge in [-0.15, -0.1) is 0 Å². The van der Waals surface area contributed by atoms with Crippen LogP contribution in [0, 0.1) is 0 Å². The predicted octanol–water partition coefficient (Wildman–Crippen LogP) is 2.46. The van der Waals surface area contributed by atoms with Crippen molar-refractivity contribution in [2.75, 3.05) is 23.0 Å². The first kappa shape index (κ1) is 22.5. The molecule has 174 valence electrons. The molecule has 33 heavy (non-hydrogen) atoms.